The van der Waals surface area contributed by atoms with Gasteiger partial charge >= 0.3 is 0 Å². The fourth-order valence-corrected chi connectivity index (χ4v) is 2.91. The Morgan fingerprint density at radius 3 is 2.43 bits per heavy atom. The summed E-state index contributed by atoms with van der Waals surface area (Å²) in [6, 6.07) is 16.8. The van der Waals surface area contributed by atoms with Gasteiger partial charge in [-0.15, -0.1) is 0 Å². The van der Waals surface area contributed by atoms with Gasteiger partial charge in [-0.2, -0.15) is 0 Å². The van der Waals surface area contributed by atoms with Crippen molar-refractivity contribution in [1.82, 2.24) is 0 Å². The van der Waals surface area contributed by atoms with Crippen molar-refractivity contribution in [3.8, 4) is 5.75 Å². The van der Waals surface area contributed by atoms with E-state index in [1.54, 1.807) is 0 Å². The van der Waals surface area contributed by atoms with Crippen molar-refractivity contribution >= 4 is 0 Å². The average molecular weight is 281 g/mol. The fraction of sp³-hybridized carbons (Fsp3) is 0.368. The Bertz CT molecular complexity index is 580. The van der Waals surface area contributed by atoms with Crippen molar-refractivity contribution in [1.29, 1.82) is 0 Å². The summed E-state index contributed by atoms with van der Waals surface area (Å²) in [5.41, 5.74) is 10.2. The molecule has 0 radical (unpaired) electrons. The molecule has 0 aliphatic carbocycles. The van der Waals surface area contributed by atoms with Crippen molar-refractivity contribution in [2.75, 3.05) is 0 Å². The molecule has 1 aliphatic rings. The first kappa shape index (κ1) is 14.2. The van der Waals surface area contributed by atoms with Crippen molar-refractivity contribution in [2.45, 2.75) is 44.8 Å². The Hall–Kier alpha value is -1.80. The molecule has 0 saturated heterocycles. The van der Waals surface area contributed by atoms with Gasteiger partial charge in [0.15, 0.2) is 0 Å². The van der Waals surface area contributed by atoms with Gasteiger partial charge in [-0.1, -0.05) is 56.3 Å². The summed E-state index contributed by atoms with van der Waals surface area (Å²) in [5, 5.41) is 0. The summed E-state index contributed by atoms with van der Waals surface area (Å²) in [7, 11) is 0. The Kier molecular flexibility index (Phi) is 3.98. The molecule has 2 aromatic rings. The van der Waals surface area contributed by atoms with E-state index in [-0.39, 0.29) is 12.1 Å². The van der Waals surface area contributed by atoms with Crippen LogP contribution in [0.5, 0.6) is 5.75 Å². The maximum atomic E-state index is 6.41. The molecule has 0 bridgehead atoms. The zero-order valence-electron chi connectivity index (χ0n) is 12.8. The van der Waals surface area contributed by atoms with Gasteiger partial charge < -0.3 is 10.5 Å². The van der Waals surface area contributed by atoms with Crippen LogP contribution in [0.2, 0.25) is 0 Å². The van der Waals surface area contributed by atoms with Crippen molar-refractivity contribution in [3.63, 3.8) is 0 Å². The zero-order valence-corrected chi connectivity index (χ0v) is 12.8. The molecule has 2 heteroatoms. The highest BCUT2D eigenvalue weighted by Gasteiger charge is 2.28. The molecule has 0 saturated carbocycles. The van der Waals surface area contributed by atoms with Gasteiger partial charge in [0.25, 0.3) is 0 Å². The van der Waals surface area contributed by atoms with Gasteiger partial charge in [0.1, 0.15) is 11.9 Å². The second kappa shape index (κ2) is 5.90. The molecule has 0 spiro atoms. The molecule has 110 valence electrons. The first-order valence-electron chi connectivity index (χ1n) is 7.79. The summed E-state index contributed by atoms with van der Waals surface area (Å²) in [6.45, 7) is 4.47. The number of para-hydroxylation sites is 1. The second-order valence-electron chi connectivity index (χ2n) is 5.97. The molecular formula is C19H23NO. The molecule has 0 aromatic heterocycles. The Balaban J connectivity index is 1.73. The van der Waals surface area contributed by atoms with Crippen LogP contribution in [0.4, 0.5) is 0 Å². The molecule has 2 aromatic carbocycles. The lowest BCUT2D eigenvalue weighted by atomic mass is 9.94. The largest absolute Gasteiger partial charge is 0.488 e. The third kappa shape index (κ3) is 2.81. The average Bonchev–Trinajstić information content (AvgIpc) is 2.97. The normalized spacial score (nSPS) is 19.7. The van der Waals surface area contributed by atoms with Crippen LogP contribution in [0, 0.1) is 0 Å². The monoisotopic (exact) mass is 281 g/mol. The molecule has 3 atom stereocenters. The minimum absolute atomic E-state index is 0.0387. The number of hydrogen-bond acceptors (Lipinski definition) is 2. The van der Waals surface area contributed by atoms with E-state index in [0.717, 1.165) is 24.2 Å². The first-order chi connectivity index (χ1) is 10.2. The highest BCUT2D eigenvalue weighted by molar-refractivity contribution is 5.39. The number of ether oxygens (including phenoxy) is 1. The predicted molar refractivity (Wildman–Crippen MR) is 86.6 cm³/mol. The summed E-state index contributed by atoms with van der Waals surface area (Å²) < 4.78 is 6.00. The van der Waals surface area contributed by atoms with Crippen LogP contribution >= 0.6 is 0 Å². The molecule has 2 N–H and O–H groups in total. The number of rotatable bonds is 4. The van der Waals surface area contributed by atoms with E-state index in [0.29, 0.717) is 5.92 Å². The van der Waals surface area contributed by atoms with Crippen LogP contribution in [0.1, 0.15) is 48.9 Å². The number of fused-ring (bicyclic) bond motifs is 1. The summed E-state index contributed by atoms with van der Waals surface area (Å²) >= 11 is 0. The van der Waals surface area contributed by atoms with Crippen LogP contribution in [0.15, 0.2) is 48.5 Å². The molecular weight excluding hydrogens is 258 g/mol. The lowest BCUT2D eigenvalue weighted by Crippen LogP contribution is -2.29. The van der Waals surface area contributed by atoms with E-state index in [1.807, 2.05) is 12.1 Å². The third-order valence-electron chi connectivity index (χ3n) is 4.58. The van der Waals surface area contributed by atoms with Crippen molar-refractivity contribution in [3.05, 3.63) is 65.2 Å². The smallest absolute Gasteiger partial charge is 0.123 e. The summed E-state index contributed by atoms with van der Waals surface area (Å²) in [5.74, 6) is 1.58. The van der Waals surface area contributed by atoms with Gasteiger partial charge in [0.2, 0.25) is 0 Å². The first-order valence-corrected chi connectivity index (χ1v) is 7.79. The van der Waals surface area contributed by atoms with E-state index < -0.39 is 0 Å². The topological polar surface area (TPSA) is 35.2 Å². The van der Waals surface area contributed by atoms with E-state index in [9.17, 15) is 0 Å². The maximum absolute atomic E-state index is 6.41. The second-order valence-corrected chi connectivity index (χ2v) is 5.97. The van der Waals surface area contributed by atoms with Gasteiger partial charge in [-0.25, -0.2) is 0 Å². The number of hydrogen-bond donors (Lipinski definition) is 1. The van der Waals surface area contributed by atoms with Crippen molar-refractivity contribution in [2.24, 2.45) is 5.73 Å². The third-order valence-corrected chi connectivity index (χ3v) is 4.58. The van der Waals surface area contributed by atoms with Crippen LogP contribution < -0.4 is 10.5 Å². The van der Waals surface area contributed by atoms with Crippen molar-refractivity contribution < 1.29 is 4.74 Å². The lowest BCUT2D eigenvalue weighted by Gasteiger charge is -2.20. The Morgan fingerprint density at radius 1 is 1.10 bits per heavy atom. The number of nitrogens with two attached hydrogens (primary N) is 1. The van der Waals surface area contributed by atoms with Crippen LogP contribution in [0.25, 0.3) is 0 Å². The zero-order chi connectivity index (χ0) is 14.8. The van der Waals surface area contributed by atoms with E-state index in [2.05, 4.69) is 50.2 Å². The Labute approximate surface area is 126 Å². The van der Waals surface area contributed by atoms with Crippen LogP contribution in [0.3, 0.4) is 0 Å². The molecule has 1 heterocycles. The van der Waals surface area contributed by atoms with E-state index in [4.69, 9.17) is 10.5 Å². The van der Waals surface area contributed by atoms with Crippen LogP contribution in [-0.4, -0.2) is 6.10 Å². The highest BCUT2D eigenvalue weighted by atomic mass is 16.5. The molecule has 3 unspecified atom stereocenters. The standard InChI is InChI=1S/C19H23NO/c1-3-13(2)14-8-10-15(11-9-14)19(20)18-12-16-6-4-5-7-17(16)21-18/h4-11,13,18-19H,3,12,20H2,1-2H3. The SMILES string of the molecule is CCC(C)c1ccc(C(N)C2Cc3ccccc3O2)cc1. The molecule has 21 heavy (non-hydrogen) atoms. The summed E-state index contributed by atoms with van der Waals surface area (Å²) in [4.78, 5) is 0. The summed E-state index contributed by atoms with van der Waals surface area (Å²) in [6.07, 6.45) is 2.09. The predicted octanol–water partition coefficient (Wildman–Crippen LogP) is 4.20. The lowest BCUT2D eigenvalue weighted by molar-refractivity contribution is 0.200. The number of benzene rings is 2. The quantitative estimate of drug-likeness (QED) is 0.911. The van der Waals surface area contributed by atoms with Gasteiger partial charge in [-0.05, 0) is 35.1 Å². The minimum atomic E-state index is -0.0802. The fourth-order valence-electron chi connectivity index (χ4n) is 2.91. The van der Waals surface area contributed by atoms with Gasteiger partial charge in [0.05, 0.1) is 6.04 Å². The molecule has 0 amide bonds. The molecule has 1 aliphatic heterocycles. The van der Waals surface area contributed by atoms with E-state index >= 15 is 0 Å². The highest BCUT2D eigenvalue weighted by Crippen LogP contribution is 2.33. The Morgan fingerprint density at radius 2 is 1.76 bits per heavy atom. The minimum Gasteiger partial charge on any atom is -0.488 e. The maximum Gasteiger partial charge on any atom is 0.123 e. The molecule has 0 fully saturated rings. The van der Waals surface area contributed by atoms with E-state index in [1.165, 1.54) is 11.1 Å². The molecule has 3 rings (SSSR count). The van der Waals surface area contributed by atoms with Gasteiger partial charge in [-0.3, -0.25) is 0 Å². The van der Waals surface area contributed by atoms with Gasteiger partial charge in [0, 0.05) is 6.42 Å². The van der Waals surface area contributed by atoms with Crippen LogP contribution in [-0.2, 0) is 6.42 Å². The molecule has 2 nitrogen and oxygen atoms in total.